The fraction of sp³-hybridized carbons (Fsp3) is 0.143. The van der Waals surface area contributed by atoms with Crippen LogP contribution in [0.2, 0.25) is 0 Å². The van der Waals surface area contributed by atoms with Gasteiger partial charge in [0.2, 0.25) is 0 Å². The Balaban J connectivity index is 2.94. The van der Waals surface area contributed by atoms with Crippen molar-refractivity contribution < 1.29 is 17.9 Å². The summed E-state index contributed by atoms with van der Waals surface area (Å²) in [6.45, 7) is 0. The number of hydrogen-bond acceptors (Lipinski definition) is 2. The lowest BCUT2D eigenvalue weighted by molar-refractivity contribution is -0.275. The van der Waals surface area contributed by atoms with Crippen LogP contribution in [0.5, 0.6) is 5.75 Å². The normalized spacial score (nSPS) is 11.5. The molecular formula is C7H4F3IOS. The first-order valence-electron chi connectivity index (χ1n) is 3.13. The fourth-order valence-corrected chi connectivity index (χ4v) is 1.34. The molecule has 0 saturated heterocycles. The zero-order valence-electron chi connectivity index (χ0n) is 6.10. The van der Waals surface area contributed by atoms with Crippen LogP contribution in [0.4, 0.5) is 13.2 Å². The largest absolute Gasteiger partial charge is 0.573 e. The highest BCUT2D eigenvalue weighted by Gasteiger charge is 2.31. The molecule has 0 atom stereocenters. The van der Waals surface area contributed by atoms with E-state index in [4.69, 9.17) is 0 Å². The van der Waals surface area contributed by atoms with Gasteiger partial charge in [-0.2, -0.15) is 0 Å². The SMILES string of the molecule is FC(F)(F)Oc1cc(I)ccc1S. The topological polar surface area (TPSA) is 9.23 Å². The van der Waals surface area contributed by atoms with Gasteiger partial charge in [-0.05, 0) is 40.8 Å². The van der Waals surface area contributed by atoms with Crippen LogP contribution < -0.4 is 4.74 Å². The first kappa shape index (κ1) is 11.0. The van der Waals surface area contributed by atoms with Gasteiger partial charge in [0.25, 0.3) is 0 Å². The van der Waals surface area contributed by atoms with Gasteiger partial charge in [-0.1, -0.05) is 0 Å². The number of rotatable bonds is 1. The van der Waals surface area contributed by atoms with E-state index in [1.807, 2.05) is 22.6 Å². The molecule has 0 aliphatic heterocycles. The summed E-state index contributed by atoms with van der Waals surface area (Å²) >= 11 is 5.72. The molecule has 13 heavy (non-hydrogen) atoms. The first-order chi connectivity index (χ1) is 5.88. The van der Waals surface area contributed by atoms with Gasteiger partial charge >= 0.3 is 6.36 Å². The third kappa shape index (κ3) is 3.63. The molecule has 0 N–H and O–H groups in total. The van der Waals surface area contributed by atoms with Crippen molar-refractivity contribution in [2.45, 2.75) is 11.3 Å². The Bertz CT molecular complexity index is 313. The van der Waals surface area contributed by atoms with E-state index in [2.05, 4.69) is 17.4 Å². The zero-order chi connectivity index (χ0) is 10.1. The minimum atomic E-state index is -4.66. The van der Waals surface area contributed by atoms with Gasteiger partial charge < -0.3 is 4.74 Å². The van der Waals surface area contributed by atoms with Crippen LogP contribution in [0, 0.1) is 3.57 Å². The molecule has 0 aliphatic carbocycles. The Morgan fingerprint density at radius 3 is 2.46 bits per heavy atom. The summed E-state index contributed by atoms with van der Waals surface area (Å²) in [5.41, 5.74) is 0. The Labute approximate surface area is 91.8 Å². The molecule has 0 radical (unpaired) electrons. The molecule has 6 heteroatoms. The summed E-state index contributed by atoms with van der Waals surface area (Å²) in [6, 6.07) is 4.37. The summed E-state index contributed by atoms with van der Waals surface area (Å²) in [4.78, 5) is 0.165. The van der Waals surface area contributed by atoms with E-state index in [9.17, 15) is 13.2 Å². The maximum Gasteiger partial charge on any atom is 0.573 e. The standard InChI is InChI=1S/C7H4F3IOS/c8-7(9,10)12-5-3-4(11)1-2-6(5)13/h1-3,13H. The predicted molar refractivity (Wildman–Crippen MR) is 53.1 cm³/mol. The second-order valence-electron chi connectivity index (χ2n) is 2.16. The van der Waals surface area contributed by atoms with Crippen LogP contribution in [-0.2, 0) is 0 Å². The zero-order valence-corrected chi connectivity index (χ0v) is 9.15. The molecule has 0 heterocycles. The fourth-order valence-electron chi connectivity index (χ4n) is 0.694. The molecule has 0 saturated carbocycles. The highest BCUT2D eigenvalue weighted by molar-refractivity contribution is 14.1. The van der Waals surface area contributed by atoms with Crippen molar-refractivity contribution in [3.63, 3.8) is 0 Å². The van der Waals surface area contributed by atoms with Crippen LogP contribution in [-0.4, -0.2) is 6.36 Å². The summed E-state index contributed by atoms with van der Waals surface area (Å²) < 4.78 is 39.8. The smallest absolute Gasteiger partial charge is 0.405 e. The number of halogens is 4. The highest BCUT2D eigenvalue weighted by Crippen LogP contribution is 2.29. The molecule has 1 nitrogen and oxygen atoms in total. The molecule has 72 valence electrons. The Kier molecular flexibility index (Phi) is 3.33. The van der Waals surface area contributed by atoms with Gasteiger partial charge in [0, 0.05) is 8.47 Å². The third-order valence-corrected chi connectivity index (χ3v) is 2.19. The lowest BCUT2D eigenvalue weighted by atomic mass is 10.3. The van der Waals surface area contributed by atoms with Crippen LogP contribution in [0.3, 0.4) is 0 Å². The van der Waals surface area contributed by atoms with Crippen molar-refractivity contribution in [1.29, 1.82) is 0 Å². The van der Waals surface area contributed by atoms with E-state index >= 15 is 0 Å². The molecule has 0 unspecified atom stereocenters. The molecular weight excluding hydrogens is 316 g/mol. The lowest BCUT2D eigenvalue weighted by Crippen LogP contribution is -2.17. The Hall–Kier alpha value is -0.110. The first-order valence-corrected chi connectivity index (χ1v) is 4.65. The average Bonchev–Trinajstić information content (AvgIpc) is 1.94. The highest BCUT2D eigenvalue weighted by atomic mass is 127. The maximum atomic E-state index is 11.8. The van der Waals surface area contributed by atoms with Crippen molar-refractivity contribution in [1.82, 2.24) is 0 Å². The molecule has 0 amide bonds. The second kappa shape index (κ2) is 3.95. The molecule has 0 bridgehead atoms. The molecule has 0 aromatic heterocycles. The van der Waals surface area contributed by atoms with Crippen LogP contribution in [0.1, 0.15) is 0 Å². The minimum Gasteiger partial charge on any atom is -0.405 e. The number of hydrogen-bond donors (Lipinski definition) is 1. The third-order valence-electron chi connectivity index (χ3n) is 1.15. The Morgan fingerprint density at radius 2 is 1.92 bits per heavy atom. The van der Waals surface area contributed by atoms with Crippen molar-refractivity contribution in [2.75, 3.05) is 0 Å². The van der Waals surface area contributed by atoms with Gasteiger partial charge in [0.1, 0.15) is 5.75 Å². The monoisotopic (exact) mass is 320 g/mol. The van der Waals surface area contributed by atoms with E-state index < -0.39 is 6.36 Å². The van der Waals surface area contributed by atoms with Crippen molar-refractivity contribution >= 4 is 35.2 Å². The molecule has 0 aliphatic rings. The molecule has 0 fully saturated rings. The van der Waals surface area contributed by atoms with E-state index in [0.717, 1.165) is 0 Å². The van der Waals surface area contributed by atoms with Crippen LogP contribution in [0.25, 0.3) is 0 Å². The van der Waals surface area contributed by atoms with Gasteiger partial charge in [0.05, 0.1) is 0 Å². The summed E-state index contributed by atoms with van der Waals surface area (Å²) in [5.74, 6) is -0.275. The predicted octanol–water partition coefficient (Wildman–Crippen LogP) is 3.48. The van der Waals surface area contributed by atoms with Gasteiger partial charge in [0.15, 0.2) is 0 Å². The van der Waals surface area contributed by atoms with Gasteiger partial charge in [-0.3, -0.25) is 0 Å². The van der Waals surface area contributed by atoms with E-state index in [1.54, 1.807) is 6.07 Å². The number of alkyl halides is 3. The summed E-state index contributed by atoms with van der Waals surface area (Å²) in [6.07, 6.45) is -4.66. The van der Waals surface area contributed by atoms with Crippen molar-refractivity contribution in [2.24, 2.45) is 0 Å². The number of benzene rings is 1. The van der Waals surface area contributed by atoms with E-state index in [1.165, 1.54) is 12.1 Å². The number of ether oxygens (including phenoxy) is 1. The summed E-state index contributed by atoms with van der Waals surface area (Å²) in [7, 11) is 0. The second-order valence-corrected chi connectivity index (χ2v) is 3.89. The molecule has 0 spiro atoms. The Morgan fingerprint density at radius 1 is 1.31 bits per heavy atom. The lowest BCUT2D eigenvalue weighted by Gasteiger charge is -2.10. The van der Waals surface area contributed by atoms with Gasteiger partial charge in [-0.25, -0.2) is 0 Å². The van der Waals surface area contributed by atoms with Crippen LogP contribution in [0.15, 0.2) is 23.1 Å². The maximum absolute atomic E-state index is 11.8. The van der Waals surface area contributed by atoms with E-state index in [-0.39, 0.29) is 10.6 Å². The van der Waals surface area contributed by atoms with Gasteiger partial charge in [-0.15, -0.1) is 25.8 Å². The molecule has 1 aromatic rings. The van der Waals surface area contributed by atoms with Crippen molar-refractivity contribution in [3.8, 4) is 5.75 Å². The van der Waals surface area contributed by atoms with E-state index in [0.29, 0.717) is 3.57 Å². The van der Waals surface area contributed by atoms with Crippen LogP contribution >= 0.6 is 35.2 Å². The summed E-state index contributed by atoms with van der Waals surface area (Å²) in [5, 5.41) is 0. The molecule has 1 aromatic carbocycles. The molecule has 1 rings (SSSR count). The minimum absolute atomic E-state index is 0.165. The average molecular weight is 320 g/mol. The number of thiol groups is 1. The van der Waals surface area contributed by atoms with Crippen molar-refractivity contribution in [3.05, 3.63) is 21.8 Å². The quantitative estimate of drug-likeness (QED) is 0.616.